The summed E-state index contributed by atoms with van der Waals surface area (Å²) in [6.07, 6.45) is 6.83. The van der Waals surface area contributed by atoms with E-state index in [1.165, 1.54) is 16.4 Å². The number of benzene rings is 1. The molecular formula is C21H31N3O4S. The number of nitrogens with zero attached hydrogens (tertiary/aromatic N) is 1. The molecular weight excluding hydrogens is 390 g/mol. The van der Waals surface area contributed by atoms with Crippen LogP contribution < -0.4 is 10.6 Å². The van der Waals surface area contributed by atoms with Crippen molar-refractivity contribution in [1.29, 1.82) is 0 Å². The summed E-state index contributed by atoms with van der Waals surface area (Å²) < 4.78 is 27.5. The molecule has 2 fully saturated rings. The Labute approximate surface area is 173 Å². The highest BCUT2D eigenvalue weighted by atomic mass is 32.2. The smallest absolute Gasteiger partial charge is 0.251 e. The Morgan fingerprint density at radius 3 is 2.45 bits per heavy atom. The Balaban J connectivity index is 1.55. The number of carbonyl (C=O) groups excluding carboxylic acids is 2. The van der Waals surface area contributed by atoms with E-state index in [1.807, 2.05) is 6.92 Å². The largest absolute Gasteiger partial charge is 0.354 e. The maximum Gasteiger partial charge on any atom is 0.251 e. The Morgan fingerprint density at radius 1 is 1.03 bits per heavy atom. The van der Waals surface area contributed by atoms with Crippen LogP contribution in [0.1, 0.15) is 62.2 Å². The summed E-state index contributed by atoms with van der Waals surface area (Å²) in [5.41, 5.74) is 0.304. The second kappa shape index (κ2) is 9.71. The van der Waals surface area contributed by atoms with Gasteiger partial charge in [-0.05, 0) is 50.8 Å². The normalized spacial score (nSPS) is 21.1. The van der Waals surface area contributed by atoms with Crippen molar-refractivity contribution in [2.45, 2.75) is 62.8 Å². The van der Waals surface area contributed by atoms with Crippen LogP contribution in [0.25, 0.3) is 0 Å². The third kappa shape index (κ3) is 5.36. The van der Waals surface area contributed by atoms with E-state index in [9.17, 15) is 18.0 Å². The van der Waals surface area contributed by atoms with E-state index >= 15 is 0 Å². The minimum Gasteiger partial charge on any atom is -0.354 e. The minimum atomic E-state index is -3.62. The second-order valence-electron chi connectivity index (χ2n) is 8.02. The van der Waals surface area contributed by atoms with Gasteiger partial charge in [-0.25, -0.2) is 8.42 Å². The average Bonchev–Trinajstić information content (AvgIpc) is 3.26. The highest BCUT2D eigenvalue weighted by Crippen LogP contribution is 2.26. The third-order valence-electron chi connectivity index (χ3n) is 5.88. The summed E-state index contributed by atoms with van der Waals surface area (Å²) in [5, 5.41) is 5.61. The minimum absolute atomic E-state index is 0.0327. The summed E-state index contributed by atoms with van der Waals surface area (Å²) in [6.45, 7) is 3.11. The molecule has 0 aromatic heterocycles. The number of nitrogens with one attached hydrogen (secondary N) is 2. The Bertz CT molecular complexity index is 834. The van der Waals surface area contributed by atoms with Crippen LogP contribution in [0.15, 0.2) is 29.2 Å². The van der Waals surface area contributed by atoms with Gasteiger partial charge in [-0.3, -0.25) is 9.59 Å². The fourth-order valence-electron chi connectivity index (χ4n) is 4.16. The highest BCUT2D eigenvalue weighted by Gasteiger charge is 2.31. The lowest BCUT2D eigenvalue weighted by molar-refractivity contribution is -0.124. The van der Waals surface area contributed by atoms with Crippen molar-refractivity contribution in [3.63, 3.8) is 0 Å². The van der Waals surface area contributed by atoms with Crippen LogP contribution in [0, 0.1) is 5.92 Å². The Kier molecular flexibility index (Phi) is 7.29. The molecule has 0 radical (unpaired) electrons. The van der Waals surface area contributed by atoms with E-state index in [-0.39, 0.29) is 28.7 Å². The number of hydrogen-bond acceptors (Lipinski definition) is 4. The van der Waals surface area contributed by atoms with E-state index in [2.05, 4.69) is 10.6 Å². The number of hydrogen-bond donors (Lipinski definition) is 2. The molecule has 29 heavy (non-hydrogen) atoms. The molecule has 2 aliphatic rings. The van der Waals surface area contributed by atoms with Gasteiger partial charge in [-0.2, -0.15) is 4.31 Å². The molecule has 1 saturated carbocycles. The highest BCUT2D eigenvalue weighted by molar-refractivity contribution is 7.89. The molecule has 2 N–H and O–H groups in total. The van der Waals surface area contributed by atoms with Gasteiger partial charge in [0.25, 0.3) is 5.91 Å². The predicted octanol–water partition coefficient (Wildman–Crippen LogP) is 2.29. The monoisotopic (exact) mass is 421 g/mol. The van der Waals surface area contributed by atoms with Gasteiger partial charge >= 0.3 is 0 Å². The molecule has 1 aliphatic heterocycles. The van der Waals surface area contributed by atoms with Crippen LogP contribution in [-0.2, 0) is 14.8 Å². The number of amides is 2. The molecule has 3 rings (SSSR count). The van der Waals surface area contributed by atoms with Crippen molar-refractivity contribution < 1.29 is 18.0 Å². The fourth-order valence-corrected chi connectivity index (χ4v) is 5.90. The van der Waals surface area contributed by atoms with E-state index in [0.29, 0.717) is 25.2 Å². The summed E-state index contributed by atoms with van der Waals surface area (Å²) in [7, 11) is -3.62. The van der Waals surface area contributed by atoms with Gasteiger partial charge < -0.3 is 10.6 Å². The number of sulfonamides is 1. The maximum atomic E-state index is 13.0. The van der Waals surface area contributed by atoms with Crippen LogP contribution in [-0.4, -0.2) is 50.2 Å². The maximum absolute atomic E-state index is 13.0. The predicted molar refractivity (Wildman–Crippen MR) is 111 cm³/mol. The first-order valence-corrected chi connectivity index (χ1v) is 12.0. The molecule has 1 aromatic carbocycles. The second-order valence-corrected chi connectivity index (χ2v) is 9.91. The van der Waals surface area contributed by atoms with Crippen LogP contribution in [0.3, 0.4) is 0 Å². The molecule has 1 aliphatic carbocycles. The number of rotatable bonds is 7. The van der Waals surface area contributed by atoms with Crippen LogP contribution in [0.4, 0.5) is 0 Å². The third-order valence-corrected chi connectivity index (χ3v) is 7.89. The van der Waals surface area contributed by atoms with Gasteiger partial charge in [0.2, 0.25) is 15.9 Å². The van der Waals surface area contributed by atoms with Crippen molar-refractivity contribution in [1.82, 2.24) is 14.9 Å². The zero-order valence-electron chi connectivity index (χ0n) is 17.0. The summed E-state index contributed by atoms with van der Waals surface area (Å²) >= 11 is 0. The molecule has 1 unspecified atom stereocenters. The summed E-state index contributed by atoms with van der Waals surface area (Å²) in [5.74, 6) is -0.186. The first-order chi connectivity index (χ1) is 13.9. The number of piperidine rings is 1. The van der Waals surface area contributed by atoms with Crippen LogP contribution >= 0.6 is 0 Å². The van der Waals surface area contributed by atoms with Gasteiger partial charge in [0, 0.05) is 37.2 Å². The molecule has 0 spiro atoms. The lowest BCUT2D eigenvalue weighted by Gasteiger charge is -2.32. The standard InChI is InChI=1S/C21H31N3O4S/c1-16-7-4-5-14-24(16)29(27,28)19-11-6-10-18(15-19)21(26)23-13-12-22-20(25)17-8-2-3-9-17/h6,10-11,15-17H,2-5,7-9,12-14H2,1H3,(H,22,25)(H,23,26). The molecule has 0 bridgehead atoms. The lowest BCUT2D eigenvalue weighted by atomic mass is 10.1. The van der Waals surface area contributed by atoms with E-state index in [4.69, 9.17) is 0 Å². The van der Waals surface area contributed by atoms with Crippen molar-refractivity contribution in [3.8, 4) is 0 Å². The van der Waals surface area contributed by atoms with E-state index < -0.39 is 10.0 Å². The first-order valence-electron chi connectivity index (χ1n) is 10.6. The SMILES string of the molecule is CC1CCCCN1S(=O)(=O)c1cccc(C(=O)NCCNC(=O)C2CCCC2)c1. The van der Waals surface area contributed by atoms with Crippen molar-refractivity contribution in [2.24, 2.45) is 5.92 Å². The average molecular weight is 422 g/mol. The first kappa shape index (κ1) is 21.8. The zero-order chi connectivity index (χ0) is 20.9. The molecule has 1 heterocycles. The summed E-state index contributed by atoms with van der Waals surface area (Å²) in [4.78, 5) is 24.6. The van der Waals surface area contributed by atoms with Gasteiger partial charge in [0.1, 0.15) is 0 Å². The molecule has 8 heteroatoms. The fraction of sp³-hybridized carbons (Fsp3) is 0.619. The summed E-state index contributed by atoms with van der Waals surface area (Å²) in [6, 6.07) is 6.14. The molecule has 1 atom stereocenters. The van der Waals surface area contributed by atoms with Crippen LogP contribution in [0.2, 0.25) is 0 Å². The van der Waals surface area contributed by atoms with Crippen molar-refractivity contribution in [2.75, 3.05) is 19.6 Å². The van der Waals surface area contributed by atoms with Crippen LogP contribution in [0.5, 0.6) is 0 Å². The van der Waals surface area contributed by atoms with Gasteiger partial charge in [-0.1, -0.05) is 25.3 Å². The molecule has 7 nitrogen and oxygen atoms in total. The van der Waals surface area contributed by atoms with Crippen molar-refractivity contribution in [3.05, 3.63) is 29.8 Å². The molecule has 1 aromatic rings. The van der Waals surface area contributed by atoms with Crippen molar-refractivity contribution >= 4 is 21.8 Å². The van der Waals surface area contributed by atoms with Gasteiger partial charge in [0.05, 0.1) is 4.90 Å². The zero-order valence-corrected chi connectivity index (χ0v) is 17.8. The van der Waals surface area contributed by atoms with Gasteiger partial charge in [-0.15, -0.1) is 0 Å². The number of carbonyl (C=O) groups is 2. The topological polar surface area (TPSA) is 95.6 Å². The Hall–Kier alpha value is -1.93. The molecule has 1 saturated heterocycles. The van der Waals surface area contributed by atoms with E-state index in [1.54, 1.807) is 12.1 Å². The quantitative estimate of drug-likeness (QED) is 0.660. The molecule has 2 amide bonds. The van der Waals surface area contributed by atoms with Gasteiger partial charge in [0.15, 0.2) is 0 Å². The lowest BCUT2D eigenvalue weighted by Crippen LogP contribution is -2.42. The van der Waals surface area contributed by atoms with E-state index in [0.717, 1.165) is 44.9 Å². The molecule has 160 valence electrons. The Morgan fingerprint density at radius 2 is 1.72 bits per heavy atom.